The molecule has 0 saturated carbocycles. The number of likely N-dealkylation sites (tertiary alicyclic amines) is 1. The standard InChI is InChI=1S/C24H29F2NO/c1-3-23(28)24(19-7-11-21(25)12-8-19,20-9-13-22(26)14-10-20)17-18(2)27-15-5-4-6-16-27/h7-14,18H,3-6,15-17H2,1-2H3/i25-1,26-1. The van der Waals surface area contributed by atoms with Crippen LogP contribution in [0.4, 0.5) is 8.78 Å². The van der Waals surface area contributed by atoms with Crippen LogP contribution < -0.4 is 0 Å². The van der Waals surface area contributed by atoms with Gasteiger partial charge in [-0.3, -0.25) is 4.79 Å². The smallest absolute Gasteiger partial charge is 0.147 e. The number of carbonyl (C=O) groups is 1. The number of nitrogens with zero attached hydrogens (tertiary/aromatic N) is 1. The third-order valence-corrected chi connectivity index (χ3v) is 6.09. The molecule has 1 atom stereocenters. The Hall–Kier alpha value is -2.07. The fraction of sp³-hybridized carbons (Fsp3) is 0.458. The van der Waals surface area contributed by atoms with E-state index in [1.54, 1.807) is 24.3 Å². The molecule has 0 radical (unpaired) electrons. The van der Waals surface area contributed by atoms with Gasteiger partial charge in [-0.1, -0.05) is 37.6 Å². The predicted octanol–water partition coefficient (Wildman–Crippen LogP) is 5.49. The number of halogens is 2. The van der Waals surface area contributed by atoms with Gasteiger partial charge in [-0.05, 0) is 74.7 Å². The number of rotatable bonds is 7. The fourth-order valence-corrected chi connectivity index (χ4v) is 4.54. The molecule has 0 amide bonds. The van der Waals surface area contributed by atoms with Gasteiger partial charge in [0.25, 0.3) is 0 Å². The Kier molecular flexibility index (Phi) is 6.61. The lowest BCUT2D eigenvalue weighted by atomic mass is 9.66. The van der Waals surface area contributed by atoms with Crippen LogP contribution in [0.5, 0.6) is 0 Å². The molecule has 1 saturated heterocycles. The van der Waals surface area contributed by atoms with Crippen molar-refractivity contribution in [3.05, 3.63) is 71.3 Å². The minimum Gasteiger partial charge on any atom is -0.301 e. The zero-order chi connectivity index (χ0) is 20.1. The number of hydrogen-bond donors (Lipinski definition) is 0. The molecule has 2 aromatic rings. The third-order valence-electron chi connectivity index (χ3n) is 6.09. The summed E-state index contributed by atoms with van der Waals surface area (Å²) in [4.78, 5) is 15.9. The Morgan fingerprint density at radius 2 is 1.39 bits per heavy atom. The quantitative estimate of drug-likeness (QED) is 0.630. The zero-order valence-electron chi connectivity index (χ0n) is 16.8. The van der Waals surface area contributed by atoms with Crippen LogP contribution >= 0.6 is 0 Å². The first kappa shape index (κ1) is 20.7. The van der Waals surface area contributed by atoms with Gasteiger partial charge in [-0.25, -0.2) is 8.78 Å². The summed E-state index contributed by atoms with van der Waals surface area (Å²) in [5.74, 6) is -0.579. The van der Waals surface area contributed by atoms with E-state index in [1.165, 1.54) is 43.5 Å². The summed E-state index contributed by atoms with van der Waals surface area (Å²) < 4.78 is 27.2. The maximum absolute atomic E-state index is 13.6. The molecule has 0 bridgehead atoms. The first-order chi connectivity index (χ1) is 13.5. The van der Waals surface area contributed by atoms with Crippen molar-refractivity contribution in [2.45, 2.75) is 57.4 Å². The molecule has 0 aromatic heterocycles. The van der Waals surface area contributed by atoms with Crippen molar-refractivity contribution >= 4 is 5.78 Å². The molecule has 1 heterocycles. The fourth-order valence-electron chi connectivity index (χ4n) is 4.54. The molecular formula is C24H29F2NO. The van der Waals surface area contributed by atoms with Crippen LogP contribution in [-0.2, 0) is 10.2 Å². The highest BCUT2D eigenvalue weighted by atomic mass is 18.2. The second-order valence-electron chi connectivity index (χ2n) is 7.85. The van der Waals surface area contributed by atoms with Crippen LogP contribution in [-0.4, -0.2) is 29.8 Å². The van der Waals surface area contributed by atoms with Crippen LogP contribution in [0.2, 0.25) is 0 Å². The SMILES string of the molecule is CCC(=O)C(CC(C)N1CCCCC1)(c1ccc([18F])cc1)c1ccc([18F])cc1. The van der Waals surface area contributed by atoms with Gasteiger partial charge >= 0.3 is 0 Å². The van der Waals surface area contributed by atoms with E-state index >= 15 is 0 Å². The number of carbonyl (C=O) groups excluding carboxylic acids is 1. The Morgan fingerprint density at radius 1 is 0.929 bits per heavy atom. The lowest BCUT2D eigenvalue weighted by molar-refractivity contribution is -0.123. The van der Waals surface area contributed by atoms with E-state index in [2.05, 4.69) is 11.8 Å². The van der Waals surface area contributed by atoms with E-state index in [1.807, 2.05) is 6.92 Å². The highest BCUT2D eigenvalue weighted by molar-refractivity contribution is 5.93. The highest BCUT2D eigenvalue weighted by Crippen LogP contribution is 2.40. The van der Waals surface area contributed by atoms with Crippen LogP contribution in [0.15, 0.2) is 48.5 Å². The summed E-state index contributed by atoms with van der Waals surface area (Å²) >= 11 is 0. The molecule has 1 unspecified atom stereocenters. The lowest BCUT2D eigenvalue weighted by Gasteiger charge is -2.40. The maximum Gasteiger partial charge on any atom is 0.147 e. The molecule has 1 aliphatic rings. The predicted molar refractivity (Wildman–Crippen MR) is 108 cm³/mol. The monoisotopic (exact) mass is 383 g/mol. The minimum absolute atomic E-state index is 0.0783. The summed E-state index contributed by atoms with van der Waals surface area (Å²) in [6.07, 6.45) is 4.55. The third kappa shape index (κ3) is 4.17. The normalized spacial score (nSPS) is 16.7. The van der Waals surface area contributed by atoms with Crippen molar-refractivity contribution in [3.8, 4) is 0 Å². The summed E-state index contributed by atoms with van der Waals surface area (Å²) in [5, 5.41) is 0. The Morgan fingerprint density at radius 3 is 1.82 bits per heavy atom. The van der Waals surface area contributed by atoms with Crippen LogP contribution in [0.3, 0.4) is 0 Å². The van der Waals surface area contributed by atoms with Gasteiger partial charge in [-0.2, -0.15) is 0 Å². The van der Waals surface area contributed by atoms with Gasteiger partial charge in [0.05, 0.1) is 5.41 Å². The maximum atomic E-state index is 13.6. The first-order valence-corrected chi connectivity index (χ1v) is 10.3. The number of hydrogen-bond acceptors (Lipinski definition) is 2. The Bertz CT molecular complexity index is 734. The topological polar surface area (TPSA) is 20.3 Å². The van der Waals surface area contributed by atoms with E-state index in [9.17, 15) is 13.6 Å². The van der Waals surface area contributed by atoms with Gasteiger partial charge in [0.15, 0.2) is 0 Å². The first-order valence-electron chi connectivity index (χ1n) is 10.3. The van der Waals surface area contributed by atoms with Crippen molar-refractivity contribution in [1.82, 2.24) is 4.90 Å². The molecule has 2 aromatic carbocycles. The number of benzene rings is 2. The Balaban J connectivity index is 2.10. The van der Waals surface area contributed by atoms with Crippen molar-refractivity contribution in [3.63, 3.8) is 0 Å². The van der Waals surface area contributed by atoms with Gasteiger partial charge < -0.3 is 4.90 Å². The van der Waals surface area contributed by atoms with Gasteiger partial charge in [-0.15, -0.1) is 0 Å². The van der Waals surface area contributed by atoms with Crippen molar-refractivity contribution < 1.29 is 13.6 Å². The van der Waals surface area contributed by atoms with E-state index in [4.69, 9.17) is 0 Å². The van der Waals surface area contributed by atoms with Crippen LogP contribution in [0, 0.1) is 11.6 Å². The second-order valence-corrected chi connectivity index (χ2v) is 7.85. The van der Waals surface area contributed by atoms with Gasteiger partial charge in [0.2, 0.25) is 0 Å². The minimum atomic E-state index is -0.910. The summed E-state index contributed by atoms with van der Waals surface area (Å²) in [6, 6.07) is 12.6. The molecule has 0 N–H and O–H groups in total. The van der Waals surface area contributed by atoms with Gasteiger partial charge in [0.1, 0.15) is 17.4 Å². The van der Waals surface area contributed by atoms with E-state index in [-0.39, 0.29) is 23.5 Å². The summed E-state index contributed by atoms with van der Waals surface area (Å²) in [5.41, 5.74) is 0.639. The average molecular weight is 384 g/mol. The second kappa shape index (κ2) is 8.95. The van der Waals surface area contributed by atoms with E-state index in [0.717, 1.165) is 24.2 Å². The van der Waals surface area contributed by atoms with E-state index in [0.29, 0.717) is 12.8 Å². The molecule has 0 spiro atoms. The summed E-state index contributed by atoms with van der Waals surface area (Å²) in [6.45, 7) is 6.08. The number of Topliss-reactive ketones (excluding diaryl/α,β-unsaturated/α-hetero) is 1. The molecular weight excluding hydrogens is 354 g/mol. The molecule has 28 heavy (non-hydrogen) atoms. The molecule has 4 heteroatoms. The van der Waals surface area contributed by atoms with Gasteiger partial charge in [0, 0.05) is 12.5 Å². The lowest BCUT2D eigenvalue weighted by Crippen LogP contribution is -2.46. The molecule has 150 valence electrons. The molecule has 3 rings (SSSR count). The van der Waals surface area contributed by atoms with Crippen molar-refractivity contribution in [1.29, 1.82) is 0 Å². The number of ketones is 1. The largest absolute Gasteiger partial charge is 0.301 e. The molecule has 1 aliphatic heterocycles. The number of piperidine rings is 1. The van der Waals surface area contributed by atoms with Crippen molar-refractivity contribution in [2.75, 3.05) is 13.1 Å². The van der Waals surface area contributed by atoms with E-state index < -0.39 is 5.41 Å². The highest BCUT2D eigenvalue weighted by Gasteiger charge is 2.42. The van der Waals surface area contributed by atoms with Crippen LogP contribution in [0.1, 0.15) is 57.1 Å². The Labute approximate surface area is 166 Å². The molecule has 2 nitrogen and oxygen atoms in total. The van der Waals surface area contributed by atoms with Crippen LogP contribution in [0.25, 0.3) is 0 Å². The average Bonchev–Trinajstić information content (AvgIpc) is 2.73. The summed E-state index contributed by atoms with van der Waals surface area (Å²) in [7, 11) is 0. The van der Waals surface area contributed by atoms with Crippen molar-refractivity contribution in [2.24, 2.45) is 0 Å². The molecule has 1 fully saturated rings. The zero-order valence-corrected chi connectivity index (χ0v) is 16.8. The molecule has 0 aliphatic carbocycles.